The second-order valence-electron chi connectivity index (χ2n) is 8.09. The van der Waals surface area contributed by atoms with E-state index in [2.05, 4.69) is 46.7 Å². The summed E-state index contributed by atoms with van der Waals surface area (Å²) in [6.07, 6.45) is 3.67. The predicted octanol–water partition coefficient (Wildman–Crippen LogP) is 6.85. The lowest BCUT2D eigenvalue weighted by Crippen LogP contribution is -2.38. The molecule has 1 saturated carbocycles. The summed E-state index contributed by atoms with van der Waals surface area (Å²) in [5, 5.41) is 3.23. The molecule has 0 amide bonds. The van der Waals surface area contributed by atoms with Gasteiger partial charge in [-0.25, -0.2) is 15.0 Å². The molecule has 1 fully saturated rings. The normalized spacial score (nSPS) is 16.6. The summed E-state index contributed by atoms with van der Waals surface area (Å²) >= 11 is 0. The fourth-order valence-electron chi connectivity index (χ4n) is 3.79. The number of hydrogen-bond acceptors (Lipinski definition) is 4. The molecule has 1 N–H and O–H groups in total. The first-order chi connectivity index (χ1) is 15.6. The number of aliphatic imine (C=N–C) groups is 3. The number of nitrogens with one attached hydrogen (secondary N) is 1. The fourth-order valence-corrected chi connectivity index (χ4v) is 3.79. The summed E-state index contributed by atoms with van der Waals surface area (Å²) in [5.41, 5.74) is 1.91. The molecule has 1 aromatic carbocycles. The third-order valence-electron chi connectivity index (χ3n) is 5.53. The largest absolute Gasteiger partial charge is 0.431 e. The minimum absolute atomic E-state index is 0.168. The molecule has 0 unspecified atom stereocenters. The number of alkyl halides is 3. The quantitative estimate of drug-likeness (QED) is 0.387. The second-order valence-corrected chi connectivity index (χ2v) is 8.09. The molecule has 1 aliphatic carbocycles. The van der Waals surface area contributed by atoms with Crippen LogP contribution < -0.4 is 10.2 Å². The molecule has 0 radical (unpaired) electrons. The van der Waals surface area contributed by atoms with E-state index in [-0.39, 0.29) is 11.5 Å². The van der Waals surface area contributed by atoms with E-state index in [1.165, 1.54) is 37.0 Å². The number of allylic oxidation sites excluding steroid dienone is 1. The molecule has 0 bridgehead atoms. The molecule has 0 saturated heterocycles. The van der Waals surface area contributed by atoms with Gasteiger partial charge in [-0.05, 0) is 57.0 Å². The monoisotopic (exact) mass is 459 g/mol. The van der Waals surface area contributed by atoms with E-state index in [9.17, 15) is 13.2 Å². The highest BCUT2D eigenvalue weighted by molar-refractivity contribution is 6.00. The lowest BCUT2D eigenvalue weighted by atomic mass is 9.87. The van der Waals surface area contributed by atoms with E-state index < -0.39 is 18.4 Å². The van der Waals surface area contributed by atoms with Crippen molar-refractivity contribution in [3.63, 3.8) is 0 Å². The first kappa shape index (κ1) is 26.1. The molecule has 3 rings (SSSR count). The van der Waals surface area contributed by atoms with Gasteiger partial charge in [-0.2, -0.15) is 13.2 Å². The van der Waals surface area contributed by atoms with Crippen molar-refractivity contribution in [2.45, 2.75) is 52.1 Å². The Morgan fingerprint density at radius 2 is 1.88 bits per heavy atom. The van der Waals surface area contributed by atoms with Crippen LogP contribution in [0.25, 0.3) is 0 Å². The number of nitrogens with zero attached hydrogens (tertiary/aromatic N) is 4. The molecule has 1 aromatic rings. The zero-order chi connectivity index (χ0) is 24.6. The molecule has 5 nitrogen and oxygen atoms in total. The Balaban J connectivity index is 0.000000245. The van der Waals surface area contributed by atoms with Crippen LogP contribution in [0.3, 0.4) is 0 Å². The molecule has 0 aromatic heterocycles. The van der Waals surface area contributed by atoms with Crippen LogP contribution in [0.2, 0.25) is 0 Å². The summed E-state index contributed by atoms with van der Waals surface area (Å²) in [6.45, 7) is 17.9. The van der Waals surface area contributed by atoms with Gasteiger partial charge in [-0.15, -0.1) is 0 Å². The standard InChI is InChI=1S/C13H12F3N3.C12H20N2/c1-8-4-5-11-10(6-8)18-12(13(14,15)16)7-19(11)9(2)17-3;1-4-13-11(3)14-10(2)12-8-6-5-7-9-12/h4-6H,2-3,7H2,1H3;4,12H,1-2,5-9H2,3H3,(H,13,14). The minimum atomic E-state index is -4.47. The Morgan fingerprint density at radius 3 is 2.45 bits per heavy atom. The molecule has 1 aliphatic heterocycles. The minimum Gasteiger partial charge on any atom is -0.348 e. The number of anilines is 1. The Labute approximate surface area is 194 Å². The Morgan fingerprint density at radius 1 is 1.21 bits per heavy atom. The van der Waals surface area contributed by atoms with Crippen LogP contribution in [-0.4, -0.2) is 31.0 Å². The zero-order valence-electron chi connectivity index (χ0n) is 19.4. The smallest absolute Gasteiger partial charge is 0.348 e. The topological polar surface area (TPSA) is 52.4 Å². The zero-order valence-corrected chi connectivity index (χ0v) is 19.4. The van der Waals surface area contributed by atoms with Gasteiger partial charge in [0.15, 0.2) is 0 Å². The average molecular weight is 460 g/mol. The van der Waals surface area contributed by atoms with Crippen molar-refractivity contribution < 1.29 is 13.2 Å². The van der Waals surface area contributed by atoms with Crippen molar-refractivity contribution in [1.82, 2.24) is 5.32 Å². The lowest BCUT2D eigenvalue weighted by Gasteiger charge is -2.30. The highest BCUT2D eigenvalue weighted by Gasteiger charge is 2.39. The lowest BCUT2D eigenvalue weighted by molar-refractivity contribution is -0.0597. The van der Waals surface area contributed by atoms with Gasteiger partial charge in [-0.3, -0.25) is 0 Å². The van der Waals surface area contributed by atoms with E-state index in [0.29, 0.717) is 11.6 Å². The number of halogens is 3. The molecular weight excluding hydrogens is 427 g/mol. The van der Waals surface area contributed by atoms with E-state index in [4.69, 9.17) is 0 Å². The van der Waals surface area contributed by atoms with Gasteiger partial charge >= 0.3 is 6.18 Å². The Kier molecular flexibility index (Phi) is 9.20. The van der Waals surface area contributed by atoms with Crippen LogP contribution >= 0.6 is 0 Å². The number of aryl methyl sites for hydroxylation is 1. The maximum absolute atomic E-state index is 12.8. The molecular formula is C25H32F3N5. The Bertz CT molecular complexity index is 953. The van der Waals surface area contributed by atoms with Gasteiger partial charge in [0.25, 0.3) is 0 Å². The van der Waals surface area contributed by atoms with Crippen LogP contribution in [0.5, 0.6) is 0 Å². The number of amidine groups is 1. The van der Waals surface area contributed by atoms with Gasteiger partial charge in [0.1, 0.15) is 17.4 Å². The van der Waals surface area contributed by atoms with Crippen molar-refractivity contribution in [3.05, 3.63) is 61.2 Å². The highest BCUT2D eigenvalue weighted by atomic mass is 19.4. The summed E-state index contributed by atoms with van der Waals surface area (Å²) in [7, 11) is 0. The number of fused-ring (bicyclic) bond motifs is 1. The van der Waals surface area contributed by atoms with Crippen molar-refractivity contribution >= 4 is 29.6 Å². The fraction of sp³-hybridized carbons (Fsp3) is 0.400. The SMILES string of the molecule is C=CN=C(C)NC(=C)C1CCCCC1.C=NC(=C)N1CC(C(F)(F)F)=Nc2cc(C)ccc21. The third kappa shape index (κ3) is 7.44. The molecule has 1 heterocycles. The summed E-state index contributed by atoms with van der Waals surface area (Å²) in [4.78, 5) is 12.7. The van der Waals surface area contributed by atoms with Crippen LogP contribution in [0.4, 0.5) is 24.5 Å². The van der Waals surface area contributed by atoms with E-state index in [1.54, 1.807) is 31.3 Å². The second kappa shape index (κ2) is 11.6. The molecule has 0 atom stereocenters. The van der Waals surface area contributed by atoms with Crippen LogP contribution in [-0.2, 0) is 0 Å². The van der Waals surface area contributed by atoms with Gasteiger partial charge < -0.3 is 10.2 Å². The van der Waals surface area contributed by atoms with E-state index in [0.717, 1.165) is 17.1 Å². The van der Waals surface area contributed by atoms with Crippen molar-refractivity contribution in [3.8, 4) is 0 Å². The van der Waals surface area contributed by atoms with E-state index >= 15 is 0 Å². The van der Waals surface area contributed by atoms with Crippen LogP contribution in [0.15, 0.2) is 70.6 Å². The van der Waals surface area contributed by atoms with Crippen molar-refractivity contribution in [2.24, 2.45) is 20.9 Å². The molecule has 178 valence electrons. The first-order valence-electron chi connectivity index (χ1n) is 10.9. The van der Waals surface area contributed by atoms with Gasteiger partial charge in [0, 0.05) is 11.9 Å². The summed E-state index contributed by atoms with van der Waals surface area (Å²) < 4.78 is 38.5. The molecule has 2 aliphatic rings. The highest BCUT2D eigenvalue weighted by Crippen LogP contribution is 2.37. The predicted molar refractivity (Wildman–Crippen MR) is 133 cm³/mol. The van der Waals surface area contributed by atoms with Gasteiger partial charge in [0.2, 0.25) is 0 Å². The van der Waals surface area contributed by atoms with Gasteiger partial charge in [0.05, 0.1) is 17.9 Å². The molecule has 8 heteroatoms. The number of hydrogen-bond donors (Lipinski definition) is 1. The maximum atomic E-state index is 12.8. The average Bonchev–Trinajstić information content (AvgIpc) is 2.78. The van der Waals surface area contributed by atoms with Crippen molar-refractivity contribution in [2.75, 3.05) is 11.4 Å². The number of rotatable bonds is 5. The van der Waals surface area contributed by atoms with E-state index in [1.807, 2.05) is 6.92 Å². The maximum Gasteiger partial charge on any atom is 0.431 e. The molecule has 33 heavy (non-hydrogen) atoms. The van der Waals surface area contributed by atoms with Gasteiger partial charge in [-0.1, -0.05) is 45.1 Å². The Hall–Kier alpha value is -3.16. The summed E-state index contributed by atoms with van der Waals surface area (Å²) in [5.74, 6) is 1.69. The third-order valence-corrected chi connectivity index (χ3v) is 5.53. The van der Waals surface area contributed by atoms with Crippen LogP contribution in [0, 0.1) is 12.8 Å². The molecule has 0 spiro atoms. The first-order valence-corrected chi connectivity index (χ1v) is 10.9. The summed E-state index contributed by atoms with van der Waals surface area (Å²) in [6, 6.07) is 5.11. The van der Waals surface area contributed by atoms with Crippen molar-refractivity contribution in [1.29, 1.82) is 0 Å². The number of benzene rings is 1. The van der Waals surface area contributed by atoms with Crippen LogP contribution in [0.1, 0.15) is 44.6 Å².